The maximum Gasteiger partial charge on any atom is 0.123 e. The molecule has 0 heterocycles. The largest absolute Gasteiger partial charge is 0.368 e. The molecule has 0 aliphatic heterocycles. The van der Waals surface area contributed by atoms with Gasteiger partial charge >= 0.3 is 0 Å². The summed E-state index contributed by atoms with van der Waals surface area (Å²) in [5.74, 6) is -0.227. The average Bonchev–Trinajstić information content (AvgIpc) is 2.47. The Morgan fingerprint density at radius 2 is 1.86 bits per heavy atom. The second-order valence-corrected chi connectivity index (χ2v) is 5.59. The third-order valence-electron chi connectivity index (χ3n) is 3.77. The monoisotopic (exact) mass is 306 g/mol. The van der Waals surface area contributed by atoms with Crippen LogP contribution in [-0.4, -0.2) is 13.6 Å². The van der Waals surface area contributed by atoms with Gasteiger partial charge in [0.2, 0.25) is 0 Å². The van der Waals surface area contributed by atoms with Gasteiger partial charge in [-0.05, 0) is 61.3 Å². The van der Waals surface area contributed by atoms with Crippen LogP contribution in [0.5, 0.6) is 0 Å². The Labute approximate surface area is 130 Å². The number of hydrogen-bond donors (Lipinski definition) is 1. The molecule has 0 aromatic heterocycles. The molecular weight excluding hydrogens is 287 g/mol. The summed E-state index contributed by atoms with van der Waals surface area (Å²) >= 11 is 5.93. The Morgan fingerprint density at radius 3 is 2.48 bits per heavy atom. The Balaban J connectivity index is 2.30. The summed E-state index contributed by atoms with van der Waals surface area (Å²) in [4.78, 5) is 2.13. The molecule has 0 saturated carbocycles. The van der Waals surface area contributed by atoms with E-state index in [1.54, 1.807) is 6.07 Å². The molecule has 112 valence electrons. The van der Waals surface area contributed by atoms with E-state index in [9.17, 15) is 4.39 Å². The van der Waals surface area contributed by atoms with E-state index in [1.165, 1.54) is 6.07 Å². The minimum atomic E-state index is -0.227. The summed E-state index contributed by atoms with van der Waals surface area (Å²) < 4.78 is 13.4. The first-order valence-corrected chi connectivity index (χ1v) is 7.37. The van der Waals surface area contributed by atoms with Crippen molar-refractivity contribution in [2.75, 3.05) is 18.5 Å². The van der Waals surface area contributed by atoms with Crippen molar-refractivity contribution in [1.29, 1.82) is 0 Å². The fourth-order valence-corrected chi connectivity index (χ4v) is 2.55. The molecule has 4 heteroatoms. The molecule has 2 rings (SSSR count). The highest BCUT2D eigenvalue weighted by Gasteiger charge is 2.15. The summed E-state index contributed by atoms with van der Waals surface area (Å²) in [7, 11) is 2.01. The first kappa shape index (κ1) is 15.8. The van der Waals surface area contributed by atoms with Gasteiger partial charge in [-0.1, -0.05) is 23.7 Å². The van der Waals surface area contributed by atoms with Gasteiger partial charge in [0.05, 0.1) is 6.04 Å². The van der Waals surface area contributed by atoms with Crippen LogP contribution in [0.4, 0.5) is 10.1 Å². The lowest BCUT2D eigenvalue weighted by atomic mass is 10.0. The number of rotatable bonds is 5. The highest BCUT2D eigenvalue weighted by atomic mass is 35.5. The van der Waals surface area contributed by atoms with Crippen LogP contribution >= 0.6 is 11.6 Å². The molecule has 0 radical (unpaired) electrons. The lowest BCUT2D eigenvalue weighted by molar-refractivity contribution is 0.624. The Bertz CT molecular complexity index is 598. The van der Waals surface area contributed by atoms with Gasteiger partial charge < -0.3 is 10.6 Å². The predicted octanol–water partition coefficient (Wildman–Crippen LogP) is 4.18. The molecule has 2 aromatic rings. The highest BCUT2D eigenvalue weighted by molar-refractivity contribution is 6.30. The Kier molecular flexibility index (Phi) is 5.21. The van der Waals surface area contributed by atoms with Crippen molar-refractivity contribution in [3.63, 3.8) is 0 Å². The van der Waals surface area contributed by atoms with E-state index in [1.807, 2.05) is 37.4 Å². The molecule has 1 atom stereocenters. The summed E-state index contributed by atoms with van der Waals surface area (Å²) in [5.41, 5.74) is 8.72. The molecule has 1 unspecified atom stereocenters. The normalized spacial score (nSPS) is 12.2. The molecule has 2 aromatic carbocycles. The lowest BCUT2D eigenvalue weighted by Crippen LogP contribution is -2.23. The quantitative estimate of drug-likeness (QED) is 0.898. The van der Waals surface area contributed by atoms with Gasteiger partial charge in [-0.2, -0.15) is 0 Å². The predicted molar refractivity (Wildman–Crippen MR) is 87.4 cm³/mol. The van der Waals surface area contributed by atoms with Crippen LogP contribution in [-0.2, 0) is 6.42 Å². The molecule has 0 saturated heterocycles. The first-order valence-electron chi connectivity index (χ1n) is 6.99. The lowest BCUT2D eigenvalue weighted by Gasteiger charge is -2.29. The van der Waals surface area contributed by atoms with Crippen molar-refractivity contribution >= 4 is 17.3 Å². The second kappa shape index (κ2) is 6.92. The molecule has 0 bridgehead atoms. The molecule has 21 heavy (non-hydrogen) atoms. The maximum atomic E-state index is 13.4. The van der Waals surface area contributed by atoms with Gasteiger partial charge in [0.25, 0.3) is 0 Å². The Hall–Kier alpha value is -1.58. The topological polar surface area (TPSA) is 29.3 Å². The molecule has 0 aliphatic rings. The third-order valence-corrected chi connectivity index (χ3v) is 4.02. The molecule has 0 amide bonds. The first-order chi connectivity index (χ1) is 10.0. The second-order valence-electron chi connectivity index (χ2n) is 5.15. The zero-order valence-corrected chi connectivity index (χ0v) is 13.1. The van der Waals surface area contributed by atoms with E-state index in [2.05, 4.69) is 11.8 Å². The van der Waals surface area contributed by atoms with Crippen molar-refractivity contribution in [1.82, 2.24) is 0 Å². The van der Waals surface area contributed by atoms with E-state index in [0.717, 1.165) is 21.8 Å². The zero-order chi connectivity index (χ0) is 15.4. The Morgan fingerprint density at radius 1 is 1.19 bits per heavy atom. The van der Waals surface area contributed by atoms with Crippen LogP contribution in [0.2, 0.25) is 5.02 Å². The van der Waals surface area contributed by atoms with Crippen LogP contribution in [0.15, 0.2) is 42.5 Å². The van der Waals surface area contributed by atoms with Crippen molar-refractivity contribution in [3.8, 4) is 0 Å². The van der Waals surface area contributed by atoms with Gasteiger partial charge in [-0.3, -0.25) is 0 Å². The molecule has 0 aliphatic carbocycles. The average molecular weight is 307 g/mol. The standard InChI is InChI=1S/C17H20ClFN2/c1-12(13-3-5-15(18)6-4-13)21(2)17-8-7-16(19)11-14(17)9-10-20/h3-8,11-12H,9-10,20H2,1-2H3. The molecule has 2 nitrogen and oxygen atoms in total. The number of halogens is 2. The van der Waals surface area contributed by atoms with Crippen LogP contribution in [0.1, 0.15) is 24.1 Å². The molecule has 0 spiro atoms. The van der Waals surface area contributed by atoms with E-state index in [-0.39, 0.29) is 11.9 Å². The van der Waals surface area contributed by atoms with Gasteiger partial charge in [0.15, 0.2) is 0 Å². The number of nitrogens with two attached hydrogens (primary N) is 1. The minimum absolute atomic E-state index is 0.157. The summed E-state index contributed by atoms with van der Waals surface area (Å²) in [6, 6.07) is 12.8. The molecule has 0 fully saturated rings. The minimum Gasteiger partial charge on any atom is -0.368 e. The van der Waals surface area contributed by atoms with Crippen molar-refractivity contribution < 1.29 is 4.39 Å². The maximum absolute atomic E-state index is 13.4. The van der Waals surface area contributed by atoms with Crippen molar-refractivity contribution in [2.24, 2.45) is 5.73 Å². The van der Waals surface area contributed by atoms with Crippen LogP contribution in [0.25, 0.3) is 0 Å². The summed E-state index contributed by atoms with van der Waals surface area (Å²) in [6.07, 6.45) is 0.658. The fraction of sp³-hybridized carbons (Fsp3) is 0.294. The summed E-state index contributed by atoms with van der Waals surface area (Å²) in [6.45, 7) is 2.61. The number of anilines is 1. The van der Waals surface area contributed by atoms with Crippen LogP contribution < -0.4 is 10.6 Å². The molecular formula is C17H20ClFN2. The van der Waals surface area contributed by atoms with Crippen molar-refractivity contribution in [3.05, 3.63) is 64.4 Å². The smallest absolute Gasteiger partial charge is 0.123 e. The van der Waals surface area contributed by atoms with Crippen molar-refractivity contribution in [2.45, 2.75) is 19.4 Å². The van der Waals surface area contributed by atoms with Gasteiger partial charge in [-0.25, -0.2) is 4.39 Å². The van der Waals surface area contributed by atoms with E-state index < -0.39 is 0 Å². The SMILES string of the molecule is CC(c1ccc(Cl)cc1)N(C)c1ccc(F)cc1CCN. The van der Waals surface area contributed by atoms with Crippen LogP contribution in [0.3, 0.4) is 0 Å². The van der Waals surface area contributed by atoms with E-state index in [4.69, 9.17) is 17.3 Å². The molecule has 2 N–H and O–H groups in total. The third kappa shape index (κ3) is 3.74. The van der Waals surface area contributed by atoms with E-state index in [0.29, 0.717) is 13.0 Å². The van der Waals surface area contributed by atoms with Gasteiger partial charge in [0, 0.05) is 17.8 Å². The number of nitrogens with zero attached hydrogens (tertiary/aromatic N) is 1. The number of hydrogen-bond acceptors (Lipinski definition) is 2. The highest BCUT2D eigenvalue weighted by Crippen LogP contribution is 2.29. The summed E-state index contributed by atoms with van der Waals surface area (Å²) in [5, 5.41) is 0.721. The zero-order valence-electron chi connectivity index (χ0n) is 12.3. The fourth-order valence-electron chi connectivity index (χ4n) is 2.43. The van der Waals surface area contributed by atoms with Gasteiger partial charge in [0.1, 0.15) is 5.82 Å². The van der Waals surface area contributed by atoms with Gasteiger partial charge in [-0.15, -0.1) is 0 Å². The van der Waals surface area contributed by atoms with Crippen LogP contribution in [0, 0.1) is 5.82 Å². The van der Waals surface area contributed by atoms with E-state index >= 15 is 0 Å². The number of benzene rings is 2.